The number of carbonyl (C=O) groups excluding carboxylic acids is 3. The van der Waals surface area contributed by atoms with Crippen molar-refractivity contribution in [3.05, 3.63) is 120 Å². The Balaban J connectivity index is 1.42. The van der Waals surface area contributed by atoms with Crippen LogP contribution in [0.3, 0.4) is 0 Å². The van der Waals surface area contributed by atoms with E-state index >= 15 is 0 Å². The molecule has 2 aliphatic rings. The number of amides is 3. The number of β-lactam (4-membered cyclic amide) rings is 1. The highest BCUT2D eigenvalue weighted by atomic mass is 16.6. The first-order valence-corrected chi connectivity index (χ1v) is 14.4. The van der Waals surface area contributed by atoms with Gasteiger partial charge < -0.3 is 19.1 Å². The minimum Gasteiger partial charge on any atom is -0.497 e. The van der Waals surface area contributed by atoms with Crippen molar-refractivity contribution in [1.82, 2.24) is 0 Å². The highest BCUT2D eigenvalue weighted by Gasteiger charge is 2.51. The van der Waals surface area contributed by atoms with Crippen molar-refractivity contribution in [2.45, 2.75) is 31.8 Å². The maximum atomic E-state index is 14.2. The standard InChI is InChI=1S/C36H32N2O6/c1-3-24-14-16-28(29-21-27(42-2)15-17-30(29)37-19-18-32(37)39)31(20-24)38-35(40)33(43-22-25-10-6-4-7-11-25)34(36(38)41)44-23-26-12-8-5-9-13-26/h3-17,20-21,33-34H,1,18-19,22-23H2,2H3. The number of imide groups is 1. The van der Waals surface area contributed by atoms with Gasteiger partial charge in [-0.15, -0.1) is 0 Å². The van der Waals surface area contributed by atoms with Gasteiger partial charge in [-0.25, -0.2) is 4.90 Å². The lowest BCUT2D eigenvalue weighted by Crippen LogP contribution is -2.43. The monoisotopic (exact) mass is 588 g/mol. The number of rotatable bonds is 11. The summed E-state index contributed by atoms with van der Waals surface area (Å²) in [5, 5.41) is 0. The maximum absolute atomic E-state index is 14.2. The van der Waals surface area contributed by atoms with Gasteiger partial charge in [-0.2, -0.15) is 0 Å². The van der Waals surface area contributed by atoms with E-state index in [0.29, 0.717) is 46.8 Å². The fourth-order valence-electron chi connectivity index (χ4n) is 5.45. The number of nitrogens with zero attached hydrogens (tertiary/aromatic N) is 2. The minimum absolute atomic E-state index is 0.00208. The summed E-state index contributed by atoms with van der Waals surface area (Å²) in [6.07, 6.45) is -0.240. The molecule has 222 valence electrons. The molecule has 2 saturated heterocycles. The molecule has 4 aromatic carbocycles. The van der Waals surface area contributed by atoms with Crippen LogP contribution in [0.25, 0.3) is 17.2 Å². The Hall–Kier alpha value is -5.05. The largest absolute Gasteiger partial charge is 0.497 e. The number of methoxy groups -OCH3 is 1. The van der Waals surface area contributed by atoms with Crippen LogP contribution in [0, 0.1) is 0 Å². The molecule has 44 heavy (non-hydrogen) atoms. The summed E-state index contributed by atoms with van der Waals surface area (Å²) in [7, 11) is 1.56. The van der Waals surface area contributed by atoms with Gasteiger partial charge in [0.2, 0.25) is 5.91 Å². The summed E-state index contributed by atoms with van der Waals surface area (Å²) >= 11 is 0. The molecule has 6 rings (SSSR count). The van der Waals surface area contributed by atoms with Gasteiger partial charge in [0.05, 0.1) is 31.7 Å². The molecule has 8 nitrogen and oxygen atoms in total. The Morgan fingerprint density at radius 2 is 1.36 bits per heavy atom. The van der Waals surface area contributed by atoms with Crippen LogP contribution >= 0.6 is 0 Å². The Morgan fingerprint density at radius 1 is 0.750 bits per heavy atom. The lowest BCUT2D eigenvalue weighted by Gasteiger charge is -2.33. The zero-order valence-corrected chi connectivity index (χ0v) is 24.3. The lowest BCUT2D eigenvalue weighted by atomic mass is 9.96. The Kier molecular flexibility index (Phi) is 8.36. The fraction of sp³-hybridized carbons (Fsp3) is 0.194. The van der Waals surface area contributed by atoms with Crippen LogP contribution in [0.4, 0.5) is 11.4 Å². The number of ether oxygens (including phenoxy) is 3. The van der Waals surface area contributed by atoms with Crippen molar-refractivity contribution in [3.63, 3.8) is 0 Å². The third-order valence-corrected chi connectivity index (χ3v) is 7.88. The first kappa shape index (κ1) is 29.0. The van der Waals surface area contributed by atoms with Crippen LogP contribution in [0.1, 0.15) is 23.1 Å². The molecule has 2 aliphatic heterocycles. The summed E-state index contributed by atoms with van der Waals surface area (Å²) in [4.78, 5) is 43.7. The highest BCUT2D eigenvalue weighted by Crippen LogP contribution is 2.43. The van der Waals surface area contributed by atoms with E-state index in [4.69, 9.17) is 14.2 Å². The van der Waals surface area contributed by atoms with E-state index in [-0.39, 0.29) is 19.1 Å². The van der Waals surface area contributed by atoms with Crippen LogP contribution in [0.2, 0.25) is 0 Å². The second-order valence-corrected chi connectivity index (χ2v) is 10.6. The summed E-state index contributed by atoms with van der Waals surface area (Å²) in [6.45, 7) is 4.71. The zero-order chi connectivity index (χ0) is 30.6. The summed E-state index contributed by atoms with van der Waals surface area (Å²) in [5.41, 5.74) is 4.69. The summed E-state index contributed by atoms with van der Waals surface area (Å²) in [5.74, 6) is -0.493. The first-order valence-electron chi connectivity index (χ1n) is 14.4. The van der Waals surface area contributed by atoms with Gasteiger partial charge in [0.1, 0.15) is 5.75 Å². The van der Waals surface area contributed by atoms with Gasteiger partial charge in [-0.1, -0.05) is 85.5 Å². The molecule has 2 unspecified atom stereocenters. The molecule has 0 saturated carbocycles. The van der Waals surface area contributed by atoms with Gasteiger partial charge >= 0.3 is 0 Å². The van der Waals surface area contributed by atoms with E-state index in [2.05, 4.69) is 6.58 Å². The normalized spacial score (nSPS) is 18.0. The van der Waals surface area contributed by atoms with Crippen molar-refractivity contribution in [3.8, 4) is 16.9 Å². The van der Waals surface area contributed by atoms with Gasteiger partial charge in [0.25, 0.3) is 11.8 Å². The lowest BCUT2D eigenvalue weighted by molar-refractivity contribution is -0.142. The first-order chi connectivity index (χ1) is 21.5. The molecule has 0 spiro atoms. The maximum Gasteiger partial charge on any atom is 0.266 e. The summed E-state index contributed by atoms with van der Waals surface area (Å²) < 4.78 is 17.8. The zero-order valence-electron chi connectivity index (χ0n) is 24.3. The molecule has 4 aromatic rings. The third kappa shape index (κ3) is 5.65. The second kappa shape index (κ2) is 12.7. The van der Waals surface area contributed by atoms with Crippen LogP contribution in [0.5, 0.6) is 5.75 Å². The predicted octanol–water partition coefficient (Wildman–Crippen LogP) is 5.79. The average molecular weight is 589 g/mol. The molecule has 0 N–H and O–H groups in total. The number of hydrogen-bond donors (Lipinski definition) is 0. The van der Waals surface area contributed by atoms with Crippen molar-refractivity contribution >= 4 is 35.2 Å². The van der Waals surface area contributed by atoms with E-state index in [1.54, 1.807) is 30.2 Å². The van der Waals surface area contributed by atoms with Gasteiger partial charge in [0.15, 0.2) is 12.2 Å². The van der Waals surface area contributed by atoms with E-state index in [1.165, 1.54) is 0 Å². The molecule has 2 fully saturated rings. The molecular weight excluding hydrogens is 556 g/mol. The molecule has 0 aromatic heterocycles. The smallest absolute Gasteiger partial charge is 0.266 e. The van der Waals surface area contributed by atoms with Gasteiger partial charge in [0, 0.05) is 24.1 Å². The topological polar surface area (TPSA) is 85.4 Å². The highest BCUT2D eigenvalue weighted by molar-refractivity contribution is 6.26. The molecule has 0 bridgehead atoms. The summed E-state index contributed by atoms with van der Waals surface area (Å²) in [6, 6.07) is 29.8. The second-order valence-electron chi connectivity index (χ2n) is 10.6. The van der Waals surface area contributed by atoms with Crippen molar-refractivity contribution in [2.24, 2.45) is 0 Å². The van der Waals surface area contributed by atoms with E-state index in [9.17, 15) is 14.4 Å². The van der Waals surface area contributed by atoms with Crippen molar-refractivity contribution in [2.75, 3.05) is 23.5 Å². The minimum atomic E-state index is -1.17. The Bertz CT molecular complexity index is 1640. The Morgan fingerprint density at radius 3 is 1.86 bits per heavy atom. The molecule has 2 atom stereocenters. The predicted molar refractivity (Wildman–Crippen MR) is 168 cm³/mol. The van der Waals surface area contributed by atoms with Crippen molar-refractivity contribution < 1.29 is 28.6 Å². The van der Waals surface area contributed by atoms with Crippen molar-refractivity contribution in [1.29, 1.82) is 0 Å². The van der Waals surface area contributed by atoms with Gasteiger partial charge in [-0.3, -0.25) is 14.4 Å². The van der Waals surface area contributed by atoms with Crippen LogP contribution in [-0.4, -0.2) is 43.6 Å². The van der Waals surface area contributed by atoms with Gasteiger partial charge in [-0.05, 0) is 41.0 Å². The number of hydrogen-bond acceptors (Lipinski definition) is 6. The number of carbonyl (C=O) groups is 3. The molecule has 3 amide bonds. The molecule has 0 radical (unpaired) electrons. The van der Waals surface area contributed by atoms with E-state index < -0.39 is 24.0 Å². The SMILES string of the molecule is C=Cc1ccc(-c2cc(OC)ccc2N2CCC2=O)c(N2C(=O)C(OCc3ccccc3)C(OCc3ccccc3)C2=O)c1. The Labute approximate surface area is 256 Å². The van der Waals surface area contributed by atoms with Crippen LogP contribution in [-0.2, 0) is 37.1 Å². The van der Waals surface area contributed by atoms with Crippen LogP contribution in [0.15, 0.2) is 104 Å². The number of anilines is 2. The molecule has 0 aliphatic carbocycles. The quantitative estimate of drug-likeness (QED) is 0.163. The van der Waals surface area contributed by atoms with E-state index in [1.807, 2.05) is 84.9 Å². The third-order valence-electron chi connectivity index (χ3n) is 7.88. The van der Waals surface area contributed by atoms with E-state index in [0.717, 1.165) is 16.0 Å². The van der Waals surface area contributed by atoms with Crippen LogP contribution < -0.4 is 14.5 Å². The molecular formula is C36H32N2O6. The molecule has 8 heteroatoms. The average Bonchev–Trinajstić information content (AvgIpc) is 3.30. The fourth-order valence-corrected chi connectivity index (χ4v) is 5.45. The number of benzene rings is 4. The molecule has 2 heterocycles.